The molecule has 0 aliphatic carbocycles. The van der Waals surface area contributed by atoms with Gasteiger partial charge in [-0.1, -0.05) is 24.3 Å². The molecule has 2 heterocycles. The molecule has 0 radical (unpaired) electrons. The lowest BCUT2D eigenvalue weighted by molar-refractivity contribution is -0.126. The molecule has 1 fully saturated rings. The number of thiophene rings is 1. The fourth-order valence-electron chi connectivity index (χ4n) is 3.73. The van der Waals surface area contributed by atoms with Gasteiger partial charge >= 0.3 is 0 Å². The molecule has 0 bridgehead atoms. The Labute approximate surface area is 186 Å². The Bertz CT molecular complexity index is 979. The second-order valence-electron chi connectivity index (χ2n) is 7.63. The number of piperidine rings is 1. The van der Waals surface area contributed by atoms with E-state index in [1.165, 1.54) is 4.88 Å². The first-order chi connectivity index (χ1) is 15.2. The fourth-order valence-corrected chi connectivity index (χ4v) is 4.43. The Morgan fingerprint density at radius 2 is 1.65 bits per heavy atom. The van der Waals surface area contributed by atoms with Gasteiger partial charge in [0.2, 0.25) is 5.91 Å². The summed E-state index contributed by atoms with van der Waals surface area (Å²) in [4.78, 5) is 28.4. The number of ether oxygens (including phenoxy) is 1. The average Bonchev–Trinajstić information content (AvgIpc) is 3.33. The van der Waals surface area contributed by atoms with E-state index in [1.807, 2.05) is 58.8 Å². The molecule has 1 saturated heterocycles. The smallest absolute Gasteiger partial charge is 0.253 e. The third kappa shape index (κ3) is 5.73. The Morgan fingerprint density at radius 3 is 2.32 bits per heavy atom. The molecule has 0 spiro atoms. The number of carbonyl (C=O) groups is 2. The molecule has 2 amide bonds. The van der Waals surface area contributed by atoms with Crippen LogP contribution in [0, 0.1) is 5.92 Å². The summed E-state index contributed by atoms with van der Waals surface area (Å²) in [6.45, 7) is 1.87. The van der Waals surface area contributed by atoms with Gasteiger partial charge in [-0.15, -0.1) is 11.3 Å². The SMILES string of the molecule is O=C(NCCc1cccs1)C1CCN(C(=O)c2ccc(Oc3ccccc3)cc2)CC1. The molecule has 31 heavy (non-hydrogen) atoms. The molecular formula is C25H26N2O3S. The summed E-state index contributed by atoms with van der Waals surface area (Å²) in [6, 6.07) is 20.9. The summed E-state index contributed by atoms with van der Waals surface area (Å²) in [5.74, 6) is 1.54. The molecule has 1 aliphatic rings. The van der Waals surface area contributed by atoms with Crippen LogP contribution in [0.2, 0.25) is 0 Å². The van der Waals surface area contributed by atoms with Crippen molar-refractivity contribution < 1.29 is 14.3 Å². The highest BCUT2D eigenvalue weighted by Gasteiger charge is 2.27. The topological polar surface area (TPSA) is 58.6 Å². The van der Waals surface area contributed by atoms with Gasteiger partial charge in [-0.2, -0.15) is 0 Å². The molecule has 0 unspecified atom stereocenters. The number of nitrogens with one attached hydrogen (secondary N) is 1. The summed E-state index contributed by atoms with van der Waals surface area (Å²) in [5, 5.41) is 5.09. The normalized spacial score (nSPS) is 14.3. The van der Waals surface area contributed by atoms with Gasteiger partial charge in [0, 0.05) is 36.0 Å². The predicted molar refractivity (Wildman–Crippen MR) is 123 cm³/mol. The number of carbonyl (C=O) groups excluding carboxylic acids is 2. The van der Waals surface area contributed by atoms with Crippen LogP contribution in [-0.4, -0.2) is 36.3 Å². The van der Waals surface area contributed by atoms with E-state index >= 15 is 0 Å². The maximum atomic E-state index is 12.8. The first kappa shape index (κ1) is 21.1. The van der Waals surface area contributed by atoms with E-state index in [0.717, 1.165) is 12.2 Å². The highest BCUT2D eigenvalue weighted by Crippen LogP contribution is 2.23. The van der Waals surface area contributed by atoms with Crippen LogP contribution in [0.4, 0.5) is 0 Å². The van der Waals surface area contributed by atoms with Crippen LogP contribution in [0.15, 0.2) is 72.1 Å². The molecule has 0 saturated carbocycles. The second-order valence-corrected chi connectivity index (χ2v) is 8.66. The molecule has 4 rings (SSSR count). The fraction of sp³-hybridized carbons (Fsp3) is 0.280. The first-order valence-electron chi connectivity index (χ1n) is 10.6. The third-order valence-electron chi connectivity index (χ3n) is 5.48. The van der Waals surface area contributed by atoms with Crippen LogP contribution in [0.1, 0.15) is 28.1 Å². The molecule has 2 aromatic carbocycles. The van der Waals surface area contributed by atoms with Crippen molar-refractivity contribution in [3.05, 3.63) is 82.6 Å². The van der Waals surface area contributed by atoms with Gasteiger partial charge in [-0.25, -0.2) is 0 Å². The van der Waals surface area contributed by atoms with E-state index in [-0.39, 0.29) is 17.7 Å². The van der Waals surface area contributed by atoms with Crippen molar-refractivity contribution in [1.82, 2.24) is 10.2 Å². The van der Waals surface area contributed by atoms with E-state index in [2.05, 4.69) is 11.4 Å². The number of para-hydroxylation sites is 1. The van der Waals surface area contributed by atoms with Crippen molar-refractivity contribution in [2.75, 3.05) is 19.6 Å². The first-order valence-corrected chi connectivity index (χ1v) is 11.5. The van der Waals surface area contributed by atoms with Gasteiger partial charge in [-0.05, 0) is 67.1 Å². The van der Waals surface area contributed by atoms with Gasteiger partial charge < -0.3 is 15.0 Å². The molecule has 5 nitrogen and oxygen atoms in total. The van der Waals surface area contributed by atoms with Gasteiger partial charge in [0.05, 0.1) is 0 Å². The predicted octanol–water partition coefficient (Wildman–Crippen LogP) is 4.75. The van der Waals surface area contributed by atoms with Gasteiger partial charge in [0.1, 0.15) is 11.5 Å². The number of rotatable bonds is 7. The molecule has 0 atom stereocenters. The summed E-state index contributed by atoms with van der Waals surface area (Å²) >= 11 is 1.71. The Hall–Kier alpha value is -3.12. The van der Waals surface area contributed by atoms with Crippen LogP contribution in [0.25, 0.3) is 0 Å². The summed E-state index contributed by atoms with van der Waals surface area (Å²) in [7, 11) is 0. The van der Waals surface area contributed by atoms with Crippen molar-refractivity contribution in [2.24, 2.45) is 5.92 Å². The lowest BCUT2D eigenvalue weighted by Gasteiger charge is -2.31. The Balaban J connectivity index is 1.23. The average molecular weight is 435 g/mol. The Morgan fingerprint density at radius 1 is 0.935 bits per heavy atom. The highest BCUT2D eigenvalue weighted by atomic mass is 32.1. The van der Waals surface area contributed by atoms with Gasteiger partial charge in [0.25, 0.3) is 5.91 Å². The summed E-state index contributed by atoms with van der Waals surface area (Å²) in [5.41, 5.74) is 0.638. The lowest BCUT2D eigenvalue weighted by atomic mass is 9.95. The minimum absolute atomic E-state index is 0.00261. The van der Waals surface area contributed by atoms with Crippen molar-refractivity contribution in [3.8, 4) is 11.5 Å². The van der Waals surface area contributed by atoms with Crippen LogP contribution in [0.5, 0.6) is 11.5 Å². The highest BCUT2D eigenvalue weighted by molar-refractivity contribution is 7.09. The van der Waals surface area contributed by atoms with Crippen molar-refractivity contribution in [3.63, 3.8) is 0 Å². The van der Waals surface area contributed by atoms with E-state index in [9.17, 15) is 9.59 Å². The zero-order chi connectivity index (χ0) is 21.5. The minimum atomic E-state index is -0.0194. The lowest BCUT2D eigenvalue weighted by Crippen LogP contribution is -2.43. The maximum absolute atomic E-state index is 12.8. The monoisotopic (exact) mass is 434 g/mol. The van der Waals surface area contributed by atoms with E-state index in [0.29, 0.717) is 43.8 Å². The number of hydrogen-bond donors (Lipinski definition) is 1. The van der Waals surface area contributed by atoms with Crippen molar-refractivity contribution >= 4 is 23.2 Å². The zero-order valence-electron chi connectivity index (χ0n) is 17.3. The van der Waals surface area contributed by atoms with E-state index in [1.54, 1.807) is 23.5 Å². The zero-order valence-corrected chi connectivity index (χ0v) is 18.1. The van der Waals surface area contributed by atoms with Crippen LogP contribution < -0.4 is 10.1 Å². The molecule has 6 heteroatoms. The number of benzene rings is 2. The van der Waals surface area contributed by atoms with Gasteiger partial charge in [-0.3, -0.25) is 9.59 Å². The number of hydrogen-bond acceptors (Lipinski definition) is 4. The quantitative estimate of drug-likeness (QED) is 0.584. The van der Waals surface area contributed by atoms with Crippen molar-refractivity contribution in [2.45, 2.75) is 19.3 Å². The van der Waals surface area contributed by atoms with Crippen LogP contribution >= 0.6 is 11.3 Å². The number of amides is 2. The molecule has 3 aromatic rings. The van der Waals surface area contributed by atoms with E-state index in [4.69, 9.17) is 4.74 Å². The number of nitrogens with zero attached hydrogens (tertiary/aromatic N) is 1. The summed E-state index contributed by atoms with van der Waals surface area (Å²) in [6.07, 6.45) is 2.27. The third-order valence-corrected chi connectivity index (χ3v) is 6.42. The molecule has 1 N–H and O–H groups in total. The summed E-state index contributed by atoms with van der Waals surface area (Å²) < 4.78 is 5.79. The molecular weight excluding hydrogens is 408 g/mol. The number of likely N-dealkylation sites (tertiary alicyclic amines) is 1. The maximum Gasteiger partial charge on any atom is 0.253 e. The second kappa shape index (κ2) is 10.3. The van der Waals surface area contributed by atoms with Crippen LogP contribution in [-0.2, 0) is 11.2 Å². The van der Waals surface area contributed by atoms with Gasteiger partial charge in [0.15, 0.2) is 0 Å². The van der Waals surface area contributed by atoms with Crippen molar-refractivity contribution in [1.29, 1.82) is 0 Å². The molecule has 160 valence electrons. The molecule has 1 aliphatic heterocycles. The molecule has 1 aromatic heterocycles. The minimum Gasteiger partial charge on any atom is -0.457 e. The standard InChI is InChI=1S/C25H26N2O3S/c28-24(26-15-12-23-7-4-18-31-23)19-13-16-27(17-14-19)25(29)20-8-10-22(11-9-20)30-21-5-2-1-3-6-21/h1-11,18-19H,12-17H2,(H,26,28). The Kier molecular flexibility index (Phi) is 6.99. The largest absolute Gasteiger partial charge is 0.457 e. The van der Waals surface area contributed by atoms with Crippen LogP contribution in [0.3, 0.4) is 0 Å². The van der Waals surface area contributed by atoms with E-state index < -0.39 is 0 Å².